The summed E-state index contributed by atoms with van der Waals surface area (Å²) in [6, 6.07) is 4.18. The molecule has 4 N–H and O–H groups in total. The van der Waals surface area contributed by atoms with E-state index in [9.17, 15) is 4.39 Å². The van der Waals surface area contributed by atoms with E-state index in [1.807, 2.05) is 0 Å². The second-order valence-electron chi connectivity index (χ2n) is 1.78. The van der Waals surface area contributed by atoms with Gasteiger partial charge in [0.25, 0.3) is 0 Å². The Morgan fingerprint density at radius 3 is 2.33 bits per heavy atom. The third-order valence-corrected chi connectivity index (χ3v) is 1.02. The summed E-state index contributed by atoms with van der Waals surface area (Å²) in [6.07, 6.45) is 0. The van der Waals surface area contributed by atoms with Crippen LogP contribution in [0.25, 0.3) is 0 Å². The Labute approximate surface area is 52.3 Å². The van der Waals surface area contributed by atoms with Crippen LogP contribution in [0.1, 0.15) is 0 Å². The molecule has 1 aromatic rings. The first-order valence-corrected chi connectivity index (χ1v) is 2.50. The maximum Gasteiger partial charge on any atom is 0.148 e. The zero-order valence-corrected chi connectivity index (χ0v) is 4.76. The minimum absolute atomic E-state index is 0.129. The summed E-state index contributed by atoms with van der Waals surface area (Å²) in [5.74, 6) is -0.463. The first kappa shape index (κ1) is 5.88. The van der Waals surface area contributed by atoms with Crippen LogP contribution in [-0.2, 0) is 0 Å². The highest BCUT2D eigenvalue weighted by Crippen LogP contribution is 2.12. The highest BCUT2D eigenvalue weighted by Gasteiger charge is 1.94. The molecule has 0 unspecified atom stereocenters. The van der Waals surface area contributed by atoms with Crippen molar-refractivity contribution >= 4 is 11.4 Å². The Hall–Kier alpha value is -1.25. The van der Waals surface area contributed by atoms with Crippen LogP contribution < -0.4 is 11.5 Å². The number of benzene rings is 1. The SMILES string of the molecule is Nc1ccc(N)c(F)c1. The highest BCUT2D eigenvalue weighted by molar-refractivity contribution is 5.49. The number of hydrogen-bond acceptors (Lipinski definition) is 2. The lowest BCUT2D eigenvalue weighted by atomic mass is 10.3. The second kappa shape index (κ2) is 1.93. The molecule has 0 aliphatic carbocycles. The molecule has 0 amide bonds. The van der Waals surface area contributed by atoms with Crippen molar-refractivity contribution in [2.45, 2.75) is 0 Å². The van der Waals surface area contributed by atoms with E-state index in [1.54, 1.807) is 6.07 Å². The molecule has 9 heavy (non-hydrogen) atoms. The average Bonchev–Trinajstić information content (AvgIpc) is 1.80. The Bertz CT molecular complexity index is 222. The molecule has 0 fully saturated rings. The number of rotatable bonds is 0. The minimum Gasteiger partial charge on any atom is -0.399 e. The van der Waals surface area contributed by atoms with E-state index in [4.69, 9.17) is 11.5 Å². The molecule has 0 atom stereocenters. The van der Waals surface area contributed by atoms with E-state index in [0.29, 0.717) is 5.69 Å². The Kier molecular flexibility index (Phi) is 1.26. The number of anilines is 2. The first-order valence-electron chi connectivity index (χ1n) is 2.50. The van der Waals surface area contributed by atoms with E-state index >= 15 is 0 Å². The Morgan fingerprint density at radius 2 is 1.89 bits per heavy atom. The molecule has 48 valence electrons. The molecule has 0 aliphatic heterocycles. The van der Waals surface area contributed by atoms with Crippen molar-refractivity contribution in [2.75, 3.05) is 11.5 Å². The minimum atomic E-state index is -0.463. The lowest BCUT2D eigenvalue weighted by molar-refractivity contribution is 0.633. The lowest BCUT2D eigenvalue weighted by Gasteiger charge is -1.95. The van der Waals surface area contributed by atoms with E-state index in [1.165, 1.54) is 12.1 Å². The van der Waals surface area contributed by atoms with Gasteiger partial charge < -0.3 is 11.5 Å². The highest BCUT2D eigenvalue weighted by atomic mass is 19.1. The molecule has 0 heterocycles. The summed E-state index contributed by atoms with van der Waals surface area (Å²) in [5.41, 5.74) is 10.9. The van der Waals surface area contributed by atoms with Crippen LogP contribution in [0.2, 0.25) is 0 Å². The quantitative estimate of drug-likeness (QED) is 0.509. The summed E-state index contributed by atoms with van der Waals surface area (Å²) in [4.78, 5) is 0. The summed E-state index contributed by atoms with van der Waals surface area (Å²) in [7, 11) is 0. The van der Waals surface area contributed by atoms with E-state index in [2.05, 4.69) is 0 Å². The van der Waals surface area contributed by atoms with Crippen molar-refractivity contribution in [1.82, 2.24) is 0 Å². The molecule has 2 nitrogen and oxygen atoms in total. The van der Waals surface area contributed by atoms with Crippen molar-refractivity contribution in [3.8, 4) is 0 Å². The smallest absolute Gasteiger partial charge is 0.148 e. The van der Waals surface area contributed by atoms with E-state index in [0.717, 1.165) is 0 Å². The normalized spacial score (nSPS) is 9.44. The van der Waals surface area contributed by atoms with Crippen molar-refractivity contribution < 1.29 is 4.39 Å². The molecular weight excluding hydrogens is 119 g/mol. The molecule has 0 saturated heterocycles. The van der Waals surface area contributed by atoms with Gasteiger partial charge in [-0.15, -0.1) is 0 Å². The molecule has 0 radical (unpaired) electrons. The van der Waals surface area contributed by atoms with Crippen molar-refractivity contribution in [3.05, 3.63) is 24.0 Å². The zero-order chi connectivity index (χ0) is 6.85. The molecule has 1 aromatic carbocycles. The van der Waals surface area contributed by atoms with Gasteiger partial charge in [-0.1, -0.05) is 0 Å². The summed E-state index contributed by atoms with van der Waals surface area (Å²) in [6.45, 7) is 0. The van der Waals surface area contributed by atoms with Crippen molar-refractivity contribution in [1.29, 1.82) is 0 Å². The van der Waals surface area contributed by atoms with Crippen LogP contribution in [0, 0.1) is 5.82 Å². The van der Waals surface area contributed by atoms with Gasteiger partial charge >= 0.3 is 0 Å². The monoisotopic (exact) mass is 126 g/mol. The fraction of sp³-hybridized carbons (Fsp3) is 0. The predicted molar refractivity (Wildman–Crippen MR) is 35.2 cm³/mol. The lowest BCUT2D eigenvalue weighted by Crippen LogP contribution is -1.92. The van der Waals surface area contributed by atoms with Gasteiger partial charge in [0.2, 0.25) is 0 Å². The third kappa shape index (κ3) is 1.10. The fourth-order valence-corrected chi connectivity index (χ4v) is 0.543. The molecule has 1 rings (SSSR count). The Morgan fingerprint density at radius 1 is 1.22 bits per heavy atom. The van der Waals surface area contributed by atoms with Crippen LogP contribution in [-0.4, -0.2) is 0 Å². The van der Waals surface area contributed by atoms with Gasteiger partial charge in [0, 0.05) is 5.69 Å². The van der Waals surface area contributed by atoms with Crippen LogP contribution in [0.5, 0.6) is 0 Å². The molecule has 0 bridgehead atoms. The number of nitrogen functional groups attached to an aromatic ring is 2. The van der Waals surface area contributed by atoms with Crippen molar-refractivity contribution in [3.63, 3.8) is 0 Å². The molecule has 0 saturated carbocycles. The summed E-state index contributed by atoms with van der Waals surface area (Å²) in [5, 5.41) is 0. The third-order valence-electron chi connectivity index (χ3n) is 1.02. The predicted octanol–water partition coefficient (Wildman–Crippen LogP) is 0.990. The van der Waals surface area contributed by atoms with E-state index in [-0.39, 0.29) is 5.69 Å². The van der Waals surface area contributed by atoms with Crippen LogP contribution in [0.15, 0.2) is 18.2 Å². The Balaban J connectivity index is 3.17. The van der Waals surface area contributed by atoms with Gasteiger partial charge in [-0.05, 0) is 18.2 Å². The van der Waals surface area contributed by atoms with Gasteiger partial charge in [0.15, 0.2) is 0 Å². The molecule has 0 spiro atoms. The van der Waals surface area contributed by atoms with Gasteiger partial charge in [0.1, 0.15) is 5.82 Å². The van der Waals surface area contributed by atoms with Gasteiger partial charge in [-0.25, -0.2) is 4.39 Å². The van der Waals surface area contributed by atoms with Gasteiger partial charge in [0.05, 0.1) is 5.69 Å². The standard InChI is InChI=1S/C6H7FN2/c7-5-3-4(8)1-2-6(5)9/h1-3H,8-9H2. The van der Waals surface area contributed by atoms with Gasteiger partial charge in [-0.2, -0.15) is 0 Å². The van der Waals surface area contributed by atoms with Gasteiger partial charge in [-0.3, -0.25) is 0 Å². The van der Waals surface area contributed by atoms with Crippen LogP contribution in [0.4, 0.5) is 15.8 Å². The zero-order valence-electron chi connectivity index (χ0n) is 4.76. The number of nitrogens with two attached hydrogens (primary N) is 2. The fourth-order valence-electron chi connectivity index (χ4n) is 0.543. The summed E-state index contributed by atoms with van der Waals surface area (Å²) >= 11 is 0. The first-order chi connectivity index (χ1) is 4.20. The van der Waals surface area contributed by atoms with E-state index < -0.39 is 5.82 Å². The van der Waals surface area contributed by atoms with Crippen molar-refractivity contribution in [2.24, 2.45) is 0 Å². The average molecular weight is 126 g/mol. The largest absolute Gasteiger partial charge is 0.399 e. The molecular formula is C6H7FN2. The topological polar surface area (TPSA) is 52.0 Å². The maximum absolute atomic E-state index is 12.4. The number of halogens is 1. The molecule has 3 heteroatoms. The van der Waals surface area contributed by atoms with Crippen LogP contribution in [0.3, 0.4) is 0 Å². The second-order valence-corrected chi connectivity index (χ2v) is 1.78. The number of hydrogen-bond donors (Lipinski definition) is 2. The molecule has 0 aliphatic rings. The molecule has 0 aromatic heterocycles. The van der Waals surface area contributed by atoms with Crippen LogP contribution >= 0.6 is 0 Å². The summed E-state index contributed by atoms with van der Waals surface area (Å²) < 4.78 is 12.4. The maximum atomic E-state index is 12.4.